The van der Waals surface area contributed by atoms with Crippen LogP contribution in [0.1, 0.15) is 64.2 Å². The van der Waals surface area contributed by atoms with Crippen molar-refractivity contribution in [3.63, 3.8) is 0 Å². The Morgan fingerprint density at radius 3 is 2.00 bits per heavy atom. The van der Waals surface area contributed by atoms with Crippen LogP contribution in [-0.4, -0.2) is 25.2 Å². The third kappa shape index (κ3) is 5.50. The predicted octanol–water partition coefficient (Wildman–Crippen LogP) is 10.8. The Morgan fingerprint density at radius 1 is 0.673 bits per heavy atom. The van der Waals surface area contributed by atoms with Crippen molar-refractivity contribution in [2.24, 2.45) is 0 Å². The van der Waals surface area contributed by atoms with Crippen LogP contribution in [0, 0.1) is 0 Å². The minimum atomic E-state index is -0.643. The lowest BCUT2D eigenvalue weighted by Crippen LogP contribution is -2.33. The molecular formula is C45H42O4. The lowest BCUT2D eigenvalue weighted by atomic mass is 9.74. The smallest absolute Gasteiger partial charge is 0.333 e. The van der Waals surface area contributed by atoms with Crippen molar-refractivity contribution in [2.75, 3.05) is 13.2 Å². The summed E-state index contributed by atoms with van der Waals surface area (Å²) in [4.78, 5) is 25.0. The maximum absolute atomic E-state index is 12.8. The van der Waals surface area contributed by atoms with Gasteiger partial charge in [0.25, 0.3) is 0 Å². The highest BCUT2D eigenvalue weighted by molar-refractivity contribution is 6.25. The van der Waals surface area contributed by atoms with Crippen molar-refractivity contribution in [2.45, 2.75) is 58.3 Å². The van der Waals surface area contributed by atoms with E-state index < -0.39 is 17.4 Å². The lowest BCUT2D eigenvalue weighted by Gasteiger charge is -2.32. The highest BCUT2D eigenvalue weighted by atomic mass is 16.5. The summed E-state index contributed by atoms with van der Waals surface area (Å²) >= 11 is 0. The fraction of sp³-hybridized carbons (Fsp3) is 0.244. The molecule has 49 heavy (non-hydrogen) atoms. The number of carbonyl (C=O) groups excluding carboxylic acids is 2. The molecule has 0 aromatic heterocycles. The van der Waals surface area contributed by atoms with Crippen LogP contribution in [0.5, 0.6) is 0 Å². The molecule has 0 aliphatic heterocycles. The van der Waals surface area contributed by atoms with Gasteiger partial charge in [-0.25, -0.2) is 9.59 Å². The van der Waals surface area contributed by atoms with Crippen LogP contribution >= 0.6 is 0 Å². The summed E-state index contributed by atoms with van der Waals surface area (Å²) in [6, 6.07) is 33.2. The van der Waals surface area contributed by atoms with E-state index in [0.717, 1.165) is 33.4 Å². The first-order valence-corrected chi connectivity index (χ1v) is 17.0. The van der Waals surface area contributed by atoms with E-state index in [0.29, 0.717) is 24.0 Å². The van der Waals surface area contributed by atoms with Crippen LogP contribution in [-0.2, 0) is 29.9 Å². The van der Waals surface area contributed by atoms with E-state index in [-0.39, 0.29) is 18.6 Å². The molecule has 1 aliphatic rings. The second-order valence-corrected chi connectivity index (χ2v) is 14.7. The third-order valence-corrected chi connectivity index (χ3v) is 10.2. The zero-order valence-electron chi connectivity index (χ0n) is 29.0. The van der Waals surface area contributed by atoms with E-state index >= 15 is 0 Å². The molecule has 0 N–H and O–H groups in total. The first-order chi connectivity index (χ1) is 23.4. The average molecular weight is 647 g/mol. The van der Waals surface area contributed by atoms with E-state index in [2.05, 4.69) is 113 Å². The number of rotatable bonds is 9. The fourth-order valence-electron chi connectivity index (χ4n) is 7.60. The van der Waals surface area contributed by atoms with Gasteiger partial charge in [-0.1, -0.05) is 119 Å². The van der Waals surface area contributed by atoms with Crippen LogP contribution in [0.25, 0.3) is 54.6 Å². The molecule has 6 aromatic carbocycles. The molecule has 1 atom stereocenters. The maximum atomic E-state index is 12.8. The summed E-state index contributed by atoms with van der Waals surface area (Å²) in [7, 11) is 0. The molecule has 246 valence electrons. The Labute approximate surface area is 288 Å². The summed E-state index contributed by atoms with van der Waals surface area (Å²) in [6.07, 6.45) is 1.19. The first kappa shape index (κ1) is 32.3. The van der Waals surface area contributed by atoms with Crippen molar-refractivity contribution in [1.82, 2.24) is 0 Å². The van der Waals surface area contributed by atoms with Crippen LogP contribution in [0.15, 0.2) is 115 Å². The fourth-order valence-corrected chi connectivity index (χ4v) is 7.60. The van der Waals surface area contributed by atoms with E-state index in [1.54, 1.807) is 13.8 Å². The first-order valence-electron chi connectivity index (χ1n) is 17.0. The summed E-state index contributed by atoms with van der Waals surface area (Å²) in [5.41, 5.74) is 8.17. The Bertz CT molecular complexity index is 2300. The van der Waals surface area contributed by atoms with Gasteiger partial charge in [-0.3, -0.25) is 0 Å². The summed E-state index contributed by atoms with van der Waals surface area (Å²) in [5, 5.41) is 7.52. The lowest BCUT2D eigenvalue weighted by molar-refractivity contribution is -0.140. The highest BCUT2D eigenvalue weighted by Gasteiger charge is 2.44. The van der Waals surface area contributed by atoms with Gasteiger partial charge in [0.1, 0.15) is 6.61 Å². The van der Waals surface area contributed by atoms with Crippen molar-refractivity contribution in [3.8, 4) is 22.3 Å². The molecule has 6 aromatic rings. The molecule has 4 heteroatoms. The monoisotopic (exact) mass is 646 g/mol. The zero-order valence-corrected chi connectivity index (χ0v) is 29.0. The number of fused-ring (bicyclic) bond motifs is 3. The molecule has 0 amide bonds. The number of hydrogen-bond acceptors (Lipinski definition) is 4. The van der Waals surface area contributed by atoms with Gasteiger partial charge in [-0.2, -0.15) is 0 Å². The average Bonchev–Trinajstić information content (AvgIpc) is 3.36. The van der Waals surface area contributed by atoms with Gasteiger partial charge in [-0.15, -0.1) is 0 Å². The van der Waals surface area contributed by atoms with E-state index in [1.807, 2.05) is 12.1 Å². The van der Waals surface area contributed by atoms with Crippen LogP contribution in [0.4, 0.5) is 0 Å². The molecule has 1 unspecified atom stereocenters. The molecule has 0 saturated carbocycles. The molecule has 7 rings (SSSR count). The number of hydrogen-bond donors (Lipinski definition) is 0. The summed E-state index contributed by atoms with van der Waals surface area (Å²) in [5.74, 6) is -0.822. The van der Waals surface area contributed by atoms with Gasteiger partial charge < -0.3 is 9.47 Å². The maximum Gasteiger partial charge on any atom is 0.333 e. The zero-order chi connectivity index (χ0) is 34.7. The normalized spacial score (nSPS) is 15.4. The largest absolute Gasteiger partial charge is 0.462 e. The molecule has 0 radical (unpaired) electrons. The molecule has 0 fully saturated rings. The van der Waals surface area contributed by atoms with Gasteiger partial charge in [-0.05, 0) is 109 Å². The predicted molar refractivity (Wildman–Crippen MR) is 201 cm³/mol. The SMILES string of the molecule is C=C(C)C(=O)OCCCC1(COC(=O)C(=C)C)c2ccccc2-c2ccc(-c3ccc4ccc5cc(C(C)(C)C)cc6ccc3c4c56)cc21. The second-order valence-electron chi connectivity index (χ2n) is 14.7. The topological polar surface area (TPSA) is 52.6 Å². The molecule has 0 spiro atoms. The summed E-state index contributed by atoms with van der Waals surface area (Å²) < 4.78 is 11.5. The number of benzene rings is 6. The third-order valence-electron chi connectivity index (χ3n) is 10.2. The minimum Gasteiger partial charge on any atom is -0.462 e. The Morgan fingerprint density at radius 2 is 1.29 bits per heavy atom. The molecule has 1 aliphatic carbocycles. The number of esters is 2. The number of ether oxygens (including phenoxy) is 2. The minimum absolute atomic E-state index is 0.0506. The Hall–Kier alpha value is -5.22. The molecule has 0 saturated heterocycles. The van der Waals surface area contributed by atoms with E-state index in [4.69, 9.17) is 9.47 Å². The van der Waals surface area contributed by atoms with Crippen LogP contribution in [0.3, 0.4) is 0 Å². The molecular weight excluding hydrogens is 604 g/mol. The Balaban J connectivity index is 1.38. The van der Waals surface area contributed by atoms with Gasteiger partial charge >= 0.3 is 11.9 Å². The van der Waals surface area contributed by atoms with E-state index in [1.165, 1.54) is 37.9 Å². The van der Waals surface area contributed by atoms with Gasteiger partial charge in [0, 0.05) is 11.1 Å². The van der Waals surface area contributed by atoms with E-state index in [9.17, 15) is 9.59 Å². The Kier molecular flexibility index (Phi) is 7.94. The van der Waals surface area contributed by atoms with Crippen molar-refractivity contribution < 1.29 is 19.1 Å². The van der Waals surface area contributed by atoms with Crippen LogP contribution < -0.4 is 0 Å². The van der Waals surface area contributed by atoms with Crippen LogP contribution in [0.2, 0.25) is 0 Å². The van der Waals surface area contributed by atoms with Gasteiger partial charge in [0.2, 0.25) is 0 Å². The highest BCUT2D eigenvalue weighted by Crippen LogP contribution is 2.53. The molecule has 0 heterocycles. The van der Waals surface area contributed by atoms with Gasteiger partial charge in [0.15, 0.2) is 0 Å². The standard InChI is InChI=1S/C45H42O4/c1-27(2)42(46)48-22-10-21-45(26-49-43(47)28(3)4)38-12-9-8-11-35(38)36-19-16-30(25-39(36)45)34-18-15-29-13-14-31-23-33(44(5,6)7)24-32-17-20-37(34)41(29)40(31)32/h8-9,11-20,23-25H,1,3,10,21-22,26H2,2,4-7H3. The van der Waals surface area contributed by atoms with Crippen molar-refractivity contribution in [3.05, 3.63) is 132 Å². The second kappa shape index (κ2) is 12.0. The quantitative estimate of drug-likeness (QED) is 0.0679. The van der Waals surface area contributed by atoms with Crippen molar-refractivity contribution in [1.29, 1.82) is 0 Å². The molecule has 0 bridgehead atoms. The number of carbonyl (C=O) groups is 2. The molecule has 4 nitrogen and oxygen atoms in total. The van der Waals surface area contributed by atoms with Gasteiger partial charge in [0.05, 0.1) is 12.0 Å². The summed E-state index contributed by atoms with van der Waals surface area (Å²) in [6.45, 7) is 18.0. The van der Waals surface area contributed by atoms with Crippen molar-refractivity contribution >= 4 is 44.3 Å².